The Morgan fingerprint density at radius 2 is 1.83 bits per heavy atom. The summed E-state index contributed by atoms with van der Waals surface area (Å²) < 4.78 is 15.2. The molecule has 0 atom stereocenters. The predicted octanol–water partition coefficient (Wildman–Crippen LogP) is 4.00. The predicted molar refractivity (Wildman–Crippen MR) is 92.2 cm³/mol. The standard InChI is InChI=1S/C19H18FN3O/c20-16-8-4-9-17(12-16)22-19(24)21-13-18-10-5-11-23(18)14-15-6-2-1-3-7-15/h1-12H,13-14H2,(H2,21,22,24). The summed E-state index contributed by atoms with van der Waals surface area (Å²) in [6.07, 6.45) is 1.98. The molecule has 0 aliphatic rings. The Balaban J connectivity index is 1.57. The molecule has 3 rings (SSSR count). The van der Waals surface area contributed by atoms with Crippen LogP contribution >= 0.6 is 0 Å². The first kappa shape index (κ1) is 15.8. The van der Waals surface area contributed by atoms with Crippen LogP contribution in [0.4, 0.5) is 14.9 Å². The molecule has 2 aromatic carbocycles. The minimum absolute atomic E-state index is 0.368. The van der Waals surface area contributed by atoms with Gasteiger partial charge in [-0.2, -0.15) is 0 Å². The van der Waals surface area contributed by atoms with Gasteiger partial charge in [-0.1, -0.05) is 36.4 Å². The van der Waals surface area contributed by atoms with Crippen molar-refractivity contribution in [1.82, 2.24) is 9.88 Å². The van der Waals surface area contributed by atoms with Crippen molar-refractivity contribution in [3.05, 3.63) is 90.0 Å². The number of carbonyl (C=O) groups excluding carboxylic acids is 1. The summed E-state index contributed by atoms with van der Waals surface area (Å²) in [6.45, 7) is 1.14. The van der Waals surface area contributed by atoms with E-state index in [-0.39, 0.29) is 11.8 Å². The molecule has 5 heteroatoms. The molecular formula is C19H18FN3O. The molecule has 0 spiro atoms. The Morgan fingerprint density at radius 3 is 2.62 bits per heavy atom. The SMILES string of the molecule is O=C(NCc1cccn1Cc1ccccc1)Nc1cccc(F)c1. The van der Waals surface area contributed by atoms with Crippen molar-refractivity contribution < 1.29 is 9.18 Å². The molecule has 0 fully saturated rings. The first-order valence-electron chi connectivity index (χ1n) is 7.69. The Hall–Kier alpha value is -3.08. The molecule has 2 amide bonds. The van der Waals surface area contributed by atoms with Crippen molar-refractivity contribution >= 4 is 11.7 Å². The molecule has 0 aliphatic heterocycles. The molecule has 0 unspecified atom stereocenters. The van der Waals surface area contributed by atoms with Gasteiger partial charge in [0.25, 0.3) is 0 Å². The largest absolute Gasteiger partial charge is 0.345 e. The van der Waals surface area contributed by atoms with Crippen molar-refractivity contribution in [3.63, 3.8) is 0 Å². The van der Waals surface area contributed by atoms with Crippen LogP contribution in [-0.2, 0) is 13.1 Å². The average Bonchev–Trinajstić information content (AvgIpc) is 3.01. The third-order valence-electron chi connectivity index (χ3n) is 3.63. The Kier molecular flexibility index (Phi) is 4.91. The van der Waals surface area contributed by atoms with Gasteiger partial charge in [0.05, 0.1) is 6.54 Å². The number of hydrogen-bond donors (Lipinski definition) is 2. The average molecular weight is 323 g/mol. The van der Waals surface area contributed by atoms with Crippen molar-refractivity contribution in [2.75, 3.05) is 5.32 Å². The van der Waals surface area contributed by atoms with E-state index < -0.39 is 0 Å². The number of anilines is 1. The van der Waals surface area contributed by atoms with Gasteiger partial charge in [0.1, 0.15) is 5.82 Å². The van der Waals surface area contributed by atoms with Crippen LogP contribution in [0.15, 0.2) is 72.9 Å². The number of amides is 2. The van der Waals surface area contributed by atoms with Gasteiger partial charge >= 0.3 is 6.03 Å². The second-order valence-electron chi connectivity index (χ2n) is 5.43. The summed E-state index contributed by atoms with van der Waals surface area (Å²) in [4.78, 5) is 11.9. The van der Waals surface area contributed by atoms with E-state index in [9.17, 15) is 9.18 Å². The number of rotatable bonds is 5. The number of carbonyl (C=O) groups is 1. The Bertz CT molecular complexity index is 814. The number of benzene rings is 2. The molecule has 1 aromatic heterocycles. The number of urea groups is 1. The fourth-order valence-corrected chi connectivity index (χ4v) is 2.46. The molecule has 24 heavy (non-hydrogen) atoms. The molecular weight excluding hydrogens is 305 g/mol. The quantitative estimate of drug-likeness (QED) is 0.732. The topological polar surface area (TPSA) is 46.1 Å². The van der Waals surface area contributed by atoms with E-state index in [0.717, 1.165) is 12.2 Å². The van der Waals surface area contributed by atoms with Gasteiger partial charge < -0.3 is 15.2 Å². The molecule has 0 aliphatic carbocycles. The lowest BCUT2D eigenvalue weighted by atomic mass is 10.2. The van der Waals surface area contributed by atoms with Gasteiger partial charge in [-0.3, -0.25) is 0 Å². The van der Waals surface area contributed by atoms with Gasteiger partial charge in [-0.05, 0) is 35.9 Å². The third kappa shape index (κ3) is 4.23. The lowest BCUT2D eigenvalue weighted by molar-refractivity contribution is 0.251. The molecule has 3 aromatic rings. The molecule has 1 heterocycles. The van der Waals surface area contributed by atoms with Crippen LogP contribution in [0.25, 0.3) is 0 Å². The van der Waals surface area contributed by atoms with Crippen LogP contribution < -0.4 is 10.6 Å². The van der Waals surface area contributed by atoms with E-state index in [1.54, 1.807) is 12.1 Å². The lowest BCUT2D eigenvalue weighted by Crippen LogP contribution is -2.29. The zero-order valence-electron chi connectivity index (χ0n) is 13.1. The van der Waals surface area contributed by atoms with E-state index in [1.807, 2.05) is 36.5 Å². The van der Waals surface area contributed by atoms with Crippen LogP contribution in [-0.4, -0.2) is 10.6 Å². The highest BCUT2D eigenvalue weighted by Gasteiger charge is 2.06. The first-order chi connectivity index (χ1) is 11.7. The molecule has 0 saturated carbocycles. The van der Waals surface area contributed by atoms with Crippen LogP contribution in [0.2, 0.25) is 0 Å². The number of nitrogens with one attached hydrogen (secondary N) is 2. The van der Waals surface area contributed by atoms with Crippen LogP contribution in [0.3, 0.4) is 0 Å². The maximum atomic E-state index is 13.1. The Morgan fingerprint density at radius 1 is 1.00 bits per heavy atom. The third-order valence-corrected chi connectivity index (χ3v) is 3.63. The summed E-state index contributed by atoms with van der Waals surface area (Å²) in [5, 5.41) is 5.40. The maximum Gasteiger partial charge on any atom is 0.319 e. The normalized spacial score (nSPS) is 10.4. The number of halogens is 1. The molecule has 2 N–H and O–H groups in total. The van der Waals surface area contributed by atoms with Crippen LogP contribution in [0.5, 0.6) is 0 Å². The smallest absolute Gasteiger partial charge is 0.319 e. The first-order valence-corrected chi connectivity index (χ1v) is 7.69. The number of hydrogen-bond acceptors (Lipinski definition) is 1. The van der Waals surface area contributed by atoms with Crippen LogP contribution in [0.1, 0.15) is 11.3 Å². The summed E-state index contributed by atoms with van der Waals surface area (Å²) in [5.41, 5.74) is 2.61. The van der Waals surface area contributed by atoms with Crippen molar-refractivity contribution in [2.24, 2.45) is 0 Å². The molecule has 122 valence electrons. The van der Waals surface area contributed by atoms with Gasteiger partial charge in [0.15, 0.2) is 0 Å². The lowest BCUT2D eigenvalue weighted by Gasteiger charge is -2.11. The highest BCUT2D eigenvalue weighted by molar-refractivity contribution is 5.89. The summed E-state index contributed by atoms with van der Waals surface area (Å²) >= 11 is 0. The zero-order valence-corrected chi connectivity index (χ0v) is 13.1. The summed E-state index contributed by atoms with van der Waals surface area (Å²) in [6, 6.07) is 19.5. The monoisotopic (exact) mass is 323 g/mol. The molecule has 4 nitrogen and oxygen atoms in total. The maximum absolute atomic E-state index is 13.1. The highest BCUT2D eigenvalue weighted by atomic mass is 19.1. The van der Waals surface area contributed by atoms with Gasteiger partial charge in [0, 0.05) is 24.1 Å². The molecule has 0 radical (unpaired) electrons. The Labute approximate surface area is 139 Å². The van der Waals surface area contributed by atoms with E-state index in [1.165, 1.54) is 17.7 Å². The minimum atomic E-state index is -0.385. The van der Waals surface area contributed by atoms with Gasteiger partial charge in [-0.15, -0.1) is 0 Å². The van der Waals surface area contributed by atoms with Gasteiger partial charge in [0.2, 0.25) is 0 Å². The summed E-state index contributed by atoms with van der Waals surface area (Å²) in [5.74, 6) is -0.385. The fraction of sp³-hybridized carbons (Fsp3) is 0.105. The summed E-state index contributed by atoms with van der Waals surface area (Å²) in [7, 11) is 0. The second kappa shape index (κ2) is 7.46. The van der Waals surface area contributed by atoms with Crippen molar-refractivity contribution in [3.8, 4) is 0 Å². The fourth-order valence-electron chi connectivity index (χ4n) is 2.46. The van der Waals surface area contributed by atoms with Crippen LogP contribution in [0, 0.1) is 5.82 Å². The van der Waals surface area contributed by atoms with Crippen molar-refractivity contribution in [1.29, 1.82) is 0 Å². The second-order valence-corrected chi connectivity index (χ2v) is 5.43. The minimum Gasteiger partial charge on any atom is -0.345 e. The van der Waals surface area contributed by atoms with E-state index >= 15 is 0 Å². The number of aromatic nitrogens is 1. The van der Waals surface area contributed by atoms with E-state index in [0.29, 0.717) is 12.2 Å². The van der Waals surface area contributed by atoms with E-state index in [2.05, 4.69) is 27.3 Å². The molecule has 0 saturated heterocycles. The highest BCUT2D eigenvalue weighted by Crippen LogP contribution is 2.10. The van der Waals surface area contributed by atoms with E-state index in [4.69, 9.17) is 0 Å². The molecule has 0 bridgehead atoms. The van der Waals surface area contributed by atoms with Crippen molar-refractivity contribution in [2.45, 2.75) is 13.1 Å². The number of nitrogens with zero attached hydrogens (tertiary/aromatic N) is 1. The van der Waals surface area contributed by atoms with Gasteiger partial charge in [-0.25, -0.2) is 9.18 Å². The zero-order chi connectivity index (χ0) is 16.8.